The summed E-state index contributed by atoms with van der Waals surface area (Å²) in [6, 6.07) is 0. The topological polar surface area (TPSA) is 33.1 Å². The van der Waals surface area contributed by atoms with E-state index in [0.717, 1.165) is 19.0 Å². The Labute approximate surface area is 98.0 Å². The van der Waals surface area contributed by atoms with Gasteiger partial charge in [0.05, 0.1) is 0 Å². The molecule has 0 aliphatic carbocycles. The second-order valence-electron chi connectivity index (χ2n) is 4.75. The van der Waals surface area contributed by atoms with Crippen LogP contribution in [0.4, 0.5) is 5.95 Å². The van der Waals surface area contributed by atoms with Crippen molar-refractivity contribution in [2.45, 2.75) is 25.9 Å². The molecule has 0 fully saturated rings. The minimum absolute atomic E-state index is 0.102. The predicted octanol–water partition coefficient (Wildman–Crippen LogP) is 1.82. The van der Waals surface area contributed by atoms with Crippen LogP contribution in [0.3, 0.4) is 0 Å². The molecule has 0 spiro atoms. The van der Waals surface area contributed by atoms with E-state index in [0.29, 0.717) is 0 Å². The molecule has 0 bridgehead atoms. The Kier molecular flexibility index (Phi) is 4.12. The molecule has 0 saturated carbocycles. The van der Waals surface area contributed by atoms with Gasteiger partial charge in [-0.15, -0.1) is 6.58 Å². The SMILES string of the molecule is C=CCn1ccnc1NCC(C)(C)N(C)C. The van der Waals surface area contributed by atoms with Gasteiger partial charge in [-0.1, -0.05) is 6.08 Å². The molecule has 0 aromatic carbocycles. The van der Waals surface area contributed by atoms with Crippen molar-refractivity contribution in [2.75, 3.05) is 26.0 Å². The van der Waals surface area contributed by atoms with Crippen LogP contribution in [0.1, 0.15) is 13.8 Å². The lowest BCUT2D eigenvalue weighted by atomic mass is 10.1. The molecular formula is C12H22N4. The van der Waals surface area contributed by atoms with E-state index >= 15 is 0 Å². The number of hydrogen-bond donors (Lipinski definition) is 1. The van der Waals surface area contributed by atoms with Crippen molar-refractivity contribution in [3.8, 4) is 0 Å². The van der Waals surface area contributed by atoms with Gasteiger partial charge in [-0.05, 0) is 27.9 Å². The number of allylic oxidation sites excluding steroid dienone is 1. The molecule has 0 aliphatic rings. The molecule has 1 rings (SSSR count). The van der Waals surface area contributed by atoms with Crippen molar-refractivity contribution in [3.63, 3.8) is 0 Å². The van der Waals surface area contributed by atoms with Crippen LogP contribution in [0.2, 0.25) is 0 Å². The monoisotopic (exact) mass is 222 g/mol. The molecule has 0 unspecified atom stereocenters. The molecule has 1 aromatic heterocycles. The van der Waals surface area contributed by atoms with E-state index in [2.05, 4.69) is 49.7 Å². The average molecular weight is 222 g/mol. The predicted molar refractivity (Wildman–Crippen MR) is 68.7 cm³/mol. The van der Waals surface area contributed by atoms with Gasteiger partial charge in [0.2, 0.25) is 5.95 Å². The average Bonchev–Trinajstić information content (AvgIpc) is 2.63. The lowest BCUT2D eigenvalue weighted by Crippen LogP contribution is -2.44. The highest BCUT2D eigenvalue weighted by Crippen LogP contribution is 2.12. The third-order valence-electron chi connectivity index (χ3n) is 2.93. The van der Waals surface area contributed by atoms with Gasteiger partial charge in [0.1, 0.15) is 0 Å². The molecule has 0 atom stereocenters. The van der Waals surface area contributed by atoms with Gasteiger partial charge in [-0.3, -0.25) is 0 Å². The molecule has 1 heterocycles. The summed E-state index contributed by atoms with van der Waals surface area (Å²) in [7, 11) is 4.16. The second-order valence-corrected chi connectivity index (χ2v) is 4.75. The summed E-state index contributed by atoms with van der Waals surface area (Å²) in [5, 5.41) is 3.36. The van der Waals surface area contributed by atoms with Crippen molar-refractivity contribution in [3.05, 3.63) is 25.0 Å². The standard InChI is InChI=1S/C12H22N4/c1-6-8-16-9-7-13-11(16)14-10-12(2,3)15(4)5/h6-7,9H,1,8,10H2,2-5H3,(H,13,14). The van der Waals surface area contributed by atoms with Gasteiger partial charge in [-0.25, -0.2) is 4.98 Å². The van der Waals surface area contributed by atoms with E-state index < -0.39 is 0 Å². The lowest BCUT2D eigenvalue weighted by Gasteiger charge is -2.32. The minimum atomic E-state index is 0.102. The summed E-state index contributed by atoms with van der Waals surface area (Å²) >= 11 is 0. The number of nitrogens with one attached hydrogen (secondary N) is 1. The van der Waals surface area contributed by atoms with Crippen molar-refractivity contribution < 1.29 is 0 Å². The first-order valence-electron chi connectivity index (χ1n) is 5.50. The van der Waals surface area contributed by atoms with Crippen LogP contribution >= 0.6 is 0 Å². The van der Waals surface area contributed by atoms with Gasteiger partial charge in [-0.2, -0.15) is 0 Å². The highest BCUT2D eigenvalue weighted by Gasteiger charge is 2.20. The van der Waals surface area contributed by atoms with E-state index in [4.69, 9.17) is 0 Å². The fraction of sp³-hybridized carbons (Fsp3) is 0.583. The number of nitrogens with zero attached hydrogens (tertiary/aromatic N) is 3. The summed E-state index contributed by atoms with van der Waals surface area (Å²) in [5.74, 6) is 0.898. The molecule has 0 amide bonds. The van der Waals surface area contributed by atoms with E-state index in [1.807, 2.05) is 16.8 Å². The Hall–Kier alpha value is -1.29. The van der Waals surface area contributed by atoms with Crippen LogP contribution in [-0.4, -0.2) is 40.6 Å². The maximum Gasteiger partial charge on any atom is 0.203 e. The molecule has 1 aromatic rings. The van der Waals surface area contributed by atoms with E-state index in [1.54, 1.807) is 6.20 Å². The normalized spacial score (nSPS) is 11.8. The van der Waals surface area contributed by atoms with Crippen LogP contribution in [0.5, 0.6) is 0 Å². The summed E-state index contributed by atoms with van der Waals surface area (Å²) in [4.78, 5) is 6.48. The Bertz CT molecular complexity index is 339. The van der Waals surface area contributed by atoms with Crippen LogP contribution in [0, 0.1) is 0 Å². The fourth-order valence-corrected chi connectivity index (χ4v) is 1.22. The summed E-state index contributed by atoms with van der Waals surface area (Å²) in [6.45, 7) is 9.76. The Morgan fingerprint density at radius 1 is 1.56 bits per heavy atom. The number of hydrogen-bond acceptors (Lipinski definition) is 3. The summed E-state index contributed by atoms with van der Waals surface area (Å²) in [6.07, 6.45) is 5.62. The number of rotatable bonds is 6. The molecule has 90 valence electrons. The van der Waals surface area contributed by atoms with Crippen molar-refractivity contribution >= 4 is 5.95 Å². The van der Waals surface area contributed by atoms with Gasteiger partial charge in [0.15, 0.2) is 0 Å². The molecule has 1 N–H and O–H groups in total. The van der Waals surface area contributed by atoms with Crippen LogP contribution < -0.4 is 5.32 Å². The van der Waals surface area contributed by atoms with E-state index in [1.165, 1.54) is 0 Å². The number of anilines is 1. The Morgan fingerprint density at radius 2 is 2.25 bits per heavy atom. The maximum absolute atomic E-state index is 4.28. The number of imidazole rings is 1. The van der Waals surface area contributed by atoms with Gasteiger partial charge in [0, 0.05) is 31.0 Å². The number of likely N-dealkylation sites (N-methyl/N-ethyl adjacent to an activating group) is 1. The smallest absolute Gasteiger partial charge is 0.203 e. The Balaban J connectivity index is 2.60. The molecular weight excluding hydrogens is 200 g/mol. The van der Waals surface area contributed by atoms with Gasteiger partial charge >= 0.3 is 0 Å². The van der Waals surface area contributed by atoms with Crippen LogP contribution in [0.25, 0.3) is 0 Å². The highest BCUT2D eigenvalue weighted by molar-refractivity contribution is 5.27. The maximum atomic E-state index is 4.28. The van der Waals surface area contributed by atoms with Gasteiger partial charge in [0.25, 0.3) is 0 Å². The minimum Gasteiger partial charge on any atom is -0.354 e. The molecule has 0 saturated heterocycles. The largest absolute Gasteiger partial charge is 0.354 e. The third-order valence-corrected chi connectivity index (χ3v) is 2.93. The zero-order chi connectivity index (χ0) is 12.2. The first-order valence-corrected chi connectivity index (χ1v) is 5.50. The fourth-order valence-electron chi connectivity index (χ4n) is 1.22. The van der Waals surface area contributed by atoms with Gasteiger partial charge < -0.3 is 14.8 Å². The molecule has 0 radical (unpaired) electrons. The third kappa shape index (κ3) is 3.10. The zero-order valence-corrected chi connectivity index (χ0v) is 10.7. The highest BCUT2D eigenvalue weighted by atomic mass is 15.2. The van der Waals surface area contributed by atoms with Crippen LogP contribution in [-0.2, 0) is 6.54 Å². The first kappa shape index (κ1) is 12.8. The second kappa shape index (κ2) is 5.16. The van der Waals surface area contributed by atoms with E-state index in [-0.39, 0.29) is 5.54 Å². The summed E-state index contributed by atoms with van der Waals surface area (Å²) in [5.41, 5.74) is 0.102. The van der Waals surface area contributed by atoms with Crippen molar-refractivity contribution in [1.29, 1.82) is 0 Å². The summed E-state index contributed by atoms with van der Waals surface area (Å²) < 4.78 is 2.04. The molecule has 4 heteroatoms. The number of aromatic nitrogens is 2. The zero-order valence-electron chi connectivity index (χ0n) is 10.7. The molecule has 16 heavy (non-hydrogen) atoms. The van der Waals surface area contributed by atoms with Crippen molar-refractivity contribution in [2.24, 2.45) is 0 Å². The quantitative estimate of drug-likeness (QED) is 0.745. The molecule has 0 aliphatic heterocycles. The van der Waals surface area contributed by atoms with E-state index in [9.17, 15) is 0 Å². The Morgan fingerprint density at radius 3 is 2.81 bits per heavy atom. The molecule has 4 nitrogen and oxygen atoms in total. The first-order chi connectivity index (χ1) is 7.47. The van der Waals surface area contributed by atoms with Crippen molar-refractivity contribution in [1.82, 2.24) is 14.5 Å². The van der Waals surface area contributed by atoms with Crippen LogP contribution in [0.15, 0.2) is 25.0 Å². The lowest BCUT2D eigenvalue weighted by molar-refractivity contribution is 0.209.